The number of rotatable bonds is 2. The average Bonchev–Trinajstić information content (AvgIpc) is 2.40. The van der Waals surface area contributed by atoms with Crippen molar-refractivity contribution in [2.75, 3.05) is 5.73 Å². The van der Waals surface area contributed by atoms with Crippen LogP contribution in [-0.2, 0) is 6.18 Å². The van der Waals surface area contributed by atoms with E-state index in [9.17, 15) is 22.4 Å². The van der Waals surface area contributed by atoms with Crippen molar-refractivity contribution in [2.45, 2.75) is 6.18 Å². The van der Waals surface area contributed by atoms with Gasteiger partial charge in [0.1, 0.15) is 16.7 Å². The lowest BCUT2D eigenvalue weighted by atomic mass is 10.1. The summed E-state index contributed by atoms with van der Waals surface area (Å²) in [6.45, 7) is 0. The lowest BCUT2D eigenvalue weighted by molar-refractivity contribution is -0.137. The second-order valence-electron chi connectivity index (χ2n) is 4.09. The van der Waals surface area contributed by atoms with Crippen LogP contribution in [-0.4, -0.2) is 21.0 Å². The molecule has 1 aromatic heterocycles. The first-order valence-corrected chi connectivity index (χ1v) is 5.92. The van der Waals surface area contributed by atoms with Crippen molar-refractivity contribution in [2.24, 2.45) is 0 Å². The maximum absolute atomic E-state index is 13.8. The molecule has 2 aromatic rings. The molecule has 0 saturated heterocycles. The highest BCUT2D eigenvalue weighted by molar-refractivity contribution is 6.35. The normalized spacial score (nSPS) is 11.5. The number of benzene rings is 1. The minimum Gasteiger partial charge on any atom is -0.476 e. The van der Waals surface area contributed by atoms with Gasteiger partial charge in [-0.2, -0.15) is 13.2 Å². The minimum atomic E-state index is -4.72. The van der Waals surface area contributed by atoms with Gasteiger partial charge in [-0.3, -0.25) is 0 Å². The van der Waals surface area contributed by atoms with Crippen molar-refractivity contribution in [1.29, 1.82) is 0 Å². The Labute approximate surface area is 125 Å². The Balaban J connectivity index is 2.60. The lowest BCUT2D eigenvalue weighted by Gasteiger charge is -2.10. The molecule has 22 heavy (non-hydrogen) atoms. The molecule has 0 bridgehead atoms. The number of aromatic nitrogens is 2. The number of alkyl halides is 3. The molecular weight excluding hydrogens is 330 g/mol. The molecule has 0 atom stereocenters. The number of carboxylic acids is 1. The van der Waals surface area contributed by atoms with E-state index in [4.69, 9.17) is 22.4 Å². The van der Waals surface area contributed by atoms with Crippen LogP contribution in [0.4, 0.5) is 23.4 Å². The monoisotopic (exact) mass is 335 g/mol. The molecule has 116 valence electrons. The van der Waals surface area contributed by atoms with Crippen LogP contribution in [0.25, 0.3) is 11.4 Å². The zero-order chi connectivity index (χ0) is 16.7. The standard InChI is InChI=1S/C12H6ClF4N3O2/c13-7-8(11(21)22)19-10(20-9(7)18)5-2-1-4(3-6(5)14)12(15,16)17/h1-3H,(H,21,22)(H2,18,19,20). The molecule has 1 heterocycles. The van der Waals surface area contributed by atoms with Gasteiger partial charge in [-0.1, -0.05) is 11.6 Å². The topological polar surface area (TPSA) is 89.1 Å². The summed E-state index contributed by atoms with van der Waals surface area (Å²) in [4.78, 5) is 18.1. The highest BCUT2D eigenvalue weighted by Crippen LogP contribution is 2.33. The molecule has 0 aliphatic carbocycles. The summed E-state index contributed by atoms with van der Waals surface area (Å²) >= 11 is 5.60. The quantitative estimate of drug-likeness (QED) is 0.822. The summed E-state index contributed by atoms with van der Waals surface area (Å²) in [6.07, 6.45) is -4.72. The van der Waals surface area contributed by atoms with E-state index >= 15 is 0 Å². The van der Waals surface area contributed by atoms with Crippen molar-refractivity contribution < 1.29 is 27.5 Å². The molecule has 5 nitrogen and oxygen atoms in total. The molecule has 3 N–H and O–H groups in total. The summed E-state index contributed by atoms with van der Waals surface area (Å²) in [5, 5.41) is 8.47. The number of anilines is 1. The van der Waals surface area contributed by atoms with Crippen LogP contribution < -0.4 is 5.73 Å². The fourth-order valence-corrected chi connectivity index (χ4v) is 1.76. The summed E-state index contributed by atoms with van der Waals surface area (Å²) < 4.78 is 51.3. The molecule has 2 rings (SSSR count). The lowest BCUT2D eigenvalue weighted by Crippen LogP contribution is -2.09. The molecule has 0 fully saturated rings. The van der Waals surface area contributed by atoms with Crippen LogP contribution in [0.3, 0.4) is 0 Å². The largest absolute Gasteiger partial charge is 0.476 e. The molecule has 10 heteroatoms. The van der Waals surface area contributed by atoms with Crippen molar-refractivity contribution >= 4 is 23.4 Å². The first kappa shape index (κ1) is 16.0. The van der Waals surface area contributed by atoms with Gasteiger partial charge in [-0.05, 0) is 18.2 Å². The van der Waals surface area contributed by atoms with Crippen LogP contribution in [0.15, 0.2) is 18.2 Å². The number of hydrogen-bond acceptors (Lipinski definition) is 4. The Morgan fingerprint density at radius 2 is 1.91 bits per heavy atom. The third-order valence-corrected chi connectivity index (χ3v) is 2.99. The number of carboxylic acid groups (broad SMARTS) is 1. The first-order chi connectivity index (χ1) is 10.1. The van der Waals surface area contributed by atoms with Gasteiger partial charge in [-0.25, -0.2) is 19.2 Å². The number of nitrogens with two attached hydrogens (primary N) is 1. The molecule has 0 aliphatic heterocycles. The summed E-state index contributed by atoms with van der Waals surface area (Å²) in [5.41, 5.74) is 3.09. The fraction of sp³-hybridized carbons (Fsp3) is 0.0833. The van der Waals surface area contributed by atoms with E-state index in [0.717, 1.165) is 6.07 Å². The highest BCUT2D eigenvalue weighted by Gasteiger charge is 2.31. The number of nitrogens with zero attached hydrogens (tertiary/aromatic N) is 2. The van der Waals surface area contributed by atoms with Crippen molar-refractivity contribution in [1.82, 2.24) is 9.97 Å². The van der Waals surface area contributed by atoms with Gasteiger partial charge >= 0.3 is 12.1 Å². The van der Waals surface area contributed by atoms with Crippen LogP contribution in [0.2, 0.25) is 5.02 Å². The number of nitrogen functional groups attached to an aromatic ring is 1. The zero-order valence-electron chi connectivity index (χ0n) is 10.4. The van der Waals surface area contributed by atoms with E-state index in [0.29, 0.717) is 6.07 Å². The Morgan fingerprint density at radius 1 is 1.27 bits per heavy atom. The van der Waals surface area contributed by atoms with Crippen LogP contribution in [0.1, 0.15) is 16.1 Å². The molecule has 0 unspecified atom stereocenters. The van der Waals surface area contributed by atoms with E-state index in [-0.39, 0.29) is 6.07 Å². The van der Waals surface area contributed by atoms with Gasteiger partial charge in [0.15, 0.2) is 11.5 Å². The van der Waals surface area contributed by atoms with Gasteiger partial charge in [0.25, 0.3) is 0 Å². The van der Waals surface area contributed by atoms with Crippen molar-refractivity contribution in [3.8, 4) is 11.4 Å². The molecule has 0 radical (unpaired) electrons. The van der Waals surface area contributed by atoms with Crippen LogP contribution in [0, 0.1) is 5.82 Å². The van der Waals surface area contributed by atoms with Gasteiger partial charge in [-0.15, -0.1) is 0 Å². The van der Waals surface area contributed by atoms with Gasteiger partial charge < -0.3 is 10.8 Å². The van der Waals surface area contributed by atoms with E-state index < -0.39 is 51.4 Å². The Hall–Kier alpha value is -2.42. The highest BCUT2D eigenvalue weighted by atomic mass is 35.5. The summed E-state index contributed by atoms with van der Waals surface area (Å²) in [5.74, 6) is -3.71. The summed E-state index contributed by atoms with van der Waals surface area (Å²) in [7, 11) is 0. The maximum Gasteiger partial charge on any atom is 0.416 e. The predicted octanol–water partition coefficient (Wildman–Crippen LogP) is 3.24. The van der Waals surface area contributed by atoms with Crippen LogP contribution in [0.5, 0.6) is 0 Å². The average molecular weight is 336 g/mol. The van der Waals surface area contributed by atoms with Crippen molar-refractivity contribution in [3.63, 3.8) is 0 Å². The molecule has 0 aliphatic rings. The molecule has 1 aromatic carbocycles. The number of aromatic carboxylic acids is 1. The molecule has 0 amide bonds. The second-order valence-corrected chi connectivity index (χ2v) is 4.47. The molecule has 0 saturated carbocycles. The maximum atomic E-state index is 13.8. The Morgan fingerprint density at radius 3 is 2.41 bits per heavy atom. The van der Waals surface area contributed by atoms with E-state index in [1.807, 2.05) is 0 Å². The number of hydrogen-bond donors (Lipinski definition) is 2. The third-order valence-electron chi connectivity index (χ3n) is 2.62. The van der Waals surface area contributed by atoms with E-state index in [2.05, 4.69) is 9.97 Å². The molecular formula is C12H6ClF4N3O2. The minimum absolute atomic E-state index is 0.254. The predicted molar refractivity (Wildman–Crippen MR) is 68.8 cm³/mol. The summed E-state index contributed by atoms with van der Waals surface area (Å²) in [6, 6.07) is 1.66. The van der Waals surface area contributed by atoms with E-state index in [1.54, 1.807) is 0 Å². The van der Waals surface area contributed by atoms with Gasteiger partial charge in [0.2, 0.25) is 0 Å². The first-order valence-electron chi connectivity index (χ1n) is 5.54. The molecule has 0 spiro atoms. The van der Waals surface area contributed by atoms with Crippen LogP contribution >= 0.6 is 11.6 Å². The van der Waals surface area contributed by atoms with Gasteiger partial charge in [0, 0.05) is 0 Å². The zero-order valence-corrected chi connectivity index (χ0v) is 11.2. The SMILES string of the molecule is Nc1nc(-c2ccc(C(F)(F)F)cc2F)nc(C(=O)O)c1Cl. The fourth-order valence-electron chi connectivity index (χ4n) is 1.60. The Bertz CT molecular complexity index is 765. The van der Waals surface area contributed by atoms with Crippen molar-refractivity contribution in [3.05, 3.63) is 40.3 Å². The smallest absolute Gasteiger partial charge is 0.416 e. The third kappa shape index (κ3) is 2.93. The second kappa shape index (κ2) is 5.41. The number of carbonyl (C=O) groups is 1. The number of halogens is 5. The Kier molecular flexibility index (Phi) is 3.92. The van der Waals surface area contributed by atoms with Gasteiger partial charge in [0.05, 0.1) is 11.1 Å². The van der Waals surface area contributed by atoms with E-state index in [1.165, 1.54) is 0 Å².